The smallest absolute Gasteiger partial charge is 0.240 e. The molecule has 0 aliphatic heterocycles. The summed E-state index contributed by atoms with van der Waals surface area (Å²) in [7, 11) is -1.92. The van der Waals surface area contributed by atoms with Gasteiger partial charge in [0.25, 0.3) is 0 Å². The molecule has 0 aliphatic rings. The SMILES string of the molecule is Cn1ccc(NC(=O)CCNS(=O)(=O)c2ccc3ccccc3c2)n1. The Hall–Kier alpha value is -2.71. The lowest BCUT2D eigenvalue weighted by atomic mass is 10.1. The zero-order chi connectivity index (χ0) is 17.9. The van der Waals surface area contributed by atoms with E-state index in [1.165, 1.54) is 0 Å². The molecule has 3 aromatic rings. The lowest BCUT2D eigenvalue weighted by Crippen LogP contribution is -2.27. The first-order chi connectivity index (χ1) is 11.9. The number of hydrogen-bond acceptors (Lipinski definition) is 4. The summed E-state index contributed by atoms with van der Waals surface area (Å²) in [5.41, 5.74) is 0. The number of hydrogen-bond donors (Lipinski definition) is 2. The number of carbonyl (C=O) groups is 1. The molecular weight excluding hydrogens is 340 g/mol. The highest BCUT2D eigenvalue weighted by atomic mass is 32.2. The van der Waals surface area contributed by atoms with E-state index in [1.54, 1.807) is 42.2 Å². The van der Waals surface area contributed by atoms with Crippen molar-refractivity contribution in [1.82, 2.24) is 14.5 Å². The molecule has 2 aromatic carbocycles. The van der Waals surface area contributed by atoms with Crippen LogP contribution in [0.1, 0.15) is 6.42 Å². The van der Waals surface area contributed by atoms with Gasteiger partial charge in [-0.05, 0) is 22.9 Å². The van der Waals surface area contributed by atoms with E-state index in [2.05, 4.69) is 15.1 Å². The molecule has 8 heteroatoms. The standard InChI is InChI=1S/C17H18N4O3S/c1-21-11-9-16(20-21)19-17(22)8-10-18-25(23,24)15-7-6-13-4-2-3-5-14(13)12-15/h2-7,9,11-12,18H,8,10H2,1H3,(H,19,20,22). The maximum atomic E-state index is 12.4. The first-order valence-corrected chi connectivity index (χ1v) is 9.20. The number of amides is 1. The molecule has 3 rings (SSSR count). The van der Waals surface area contributed by atoms with Crippen LogP contribution in [0.4, 0.5) is 5.82 Å². The number of aromatic nitrogens is 2. The van der Waals surface area contributed by atoms with Crippen LogP contribution in [0.15, 0.2) is 59.6 Å². The van der Waals surface area contributed by atoms with Gasteiger partial charge in [-0.3, -0.25) is 9.48 Å². The van der Waals surface area contributed by atoms with Crippen LogP contribution in [-0.4, -0.2) is 30.7 Å². The van der Waals surface area contributed by atoms with Crippen molar-refractivity contribution in [2.45, 2.75) is 11.3 Å². The summed E-state index contributed by atoms with van der Waals surface area (Å²) in [5.74, 6) is 0.129. The Morgan fingerprint density at radius 2 is 1.88 bits per heavy atom. The Bertz CT molecular complexity index is 1010. The van der Waals surface area contributed by atoms with E-state index in [1.807, 2.05) is 24.3 Å². The van der Waals surface area contributed by atoms with E-state index >= 15 is 0 Å². The van der Waals surface area contributed by atoms with E-state index in [4.69, 9.17) is 0 Å². The van der Waals surface area contributed by atoms with Gasteiger partial charge in [0, 0.05) is 32.3 Å². The third-order valence-electron chi connectivity index (χ3n) is 3.66. The van der Waals surface area contributed by atoms with Crippen LogP contribution in [0.25, 0.3) is 10.8 Å². The van der Waals surface area contributed by atoms with Crippen molar-refractivity contribution in [1.29, 1.82) is 0 Å². The average molecular weight is 358 g/mol. The van der Waals surface area contributed by atoms with Crippen molar-refractivity contribution in [2.75, 3.05) is 11.9 Å². The van der Waals surface area contributed by atoms with Crippen molar-refractivity contribution < 1.29 is 13.2 Å². The molecule has 1 heterocycles. The van der Waals surface area contributed by atoms with Crippen LogP contribution in [0.2, 0.25) is 0 Å². The lowest BCUT2D eigenvalue weighted by Gasteiger charge is -2.08. The Labute approximate surface area is 145 Å². The second kappa shape index (κ2) is 7.04. The predicted molar refractivity (Wildman–Crippen MR) is 95.6 cm³/mol. The van der Waals surface area contributed by atoms with E-state index < -0.39 is 10.0 Å². The summed E-state index contributed by atoms with van der Waals surface area (Å²) in [4.78, 5) is 12.0. The number of fused-ring (bicyclic) bond motifs is 1. The molecule has 0 saturated carbocycles. The van der Waals surface area contributed by atoms with Gasteiger partial charge in [0.2, 0.25) is 15.9 Å². The molecule has 0 aliphatic carbocycles. The summed E-state index contributed by atoms with van der Waals surface area (Å²) < 4.78 is 28.7. The summed E-state index contributed by atoms with van der Waals surface area (Å²) in [5, 5.41) is 8.45. The Kier molecular flexibility index (Phi) is 4.82. The molecule has 25 heavy (non-hydrogen) atoms. The van der Waals surface area contributed by atoms with Crippen molar-refractivity contribution >= 4 is 32.5 Å². The molecule has 1 amide bonds. The van der Waals surface area contributed by atoms with Crippen molar-refractivity contribution in [3.05, 3.63) is 54.7 Å². The zero-order valence-electron chi connectivity index (χ0n) is 13.6. The highest BCUT2D eigenvalue weighted by molar-refractivity contribution is 7.89. The van der Waals surface area contributed by atoms with Crippen molar-refractivity contribution in [2.24, 2.45) is 7.05 Å². The number of carbonyl (C=O) groups excluding carboxylic acids is 1. The number of anilines is 1. The molecule has 7 nitrogen and oxygen atoms in total. The van der Waals surface area contributed by atoms with Gasteiger partial charge in [0.05, 0.1) is 4.90 Å². The van der Waals surface area contributed by atoms with Crippen LogP contribution in [0.3, 0.4) is 0 Å². The predicted octanol–water partition coefficient (Wildman–Crippen LogP) is 1.88. The molecule has 0 saturated heterocycles. The fourth-order valence-corrected chi connectivity index (χ4v) is 3.47. The Balaban J connectivity index is 1.60. The van der Waals surface area contributed by atoms with E-state index in [-0.39, 0.29) is 23.8 Å². The van der Waals surface area contributed by atoms with Gasteiger partial charge in [0.15, 0.2) is 5.82 Å². The summed E-state index contributed by atoms with van der Waals surface area (Å²) >= 11 is 0. The monoisotopic (exact) mass is 358 g/mol. The van der Waals surface area contributed by atoms with Gasteiger partial charge in [0.1, 0.15) is 0 Å². The number of aryl methyl sites for hydroxylation is 1. The van der Waals surface area contributed by atoms with Crippen molar-refractivity contribution in [3.63, 3.8) is 0 Å². The second-order valence-corrected chi connectivity index (χ2v) is 7.35. The van der Waals surface area contributed by atoms with Crippen LogP contribution in [-0.2, 0) is 21.9 Å². The minimum Gasteiger partial charge on any atom is -0.309 e. The third-order valence-corrected chi connectivity index (χ3v) is 5.12. The van der Waals surface area contributed by atoms with Crippen molar-refractivity contribution in [3.8, 4) is 0 Å². The molecule has 0 fully saturated rings. The normalized spacial score (nSPS) is 11.6. The zero-order valence-corrected chi connectivity index (χ0v) is 14.5. The van der Waals surface area contributed by atoms with Crippen LogP contribution in [0.5, 0.6) is 0 Å². The third kappa shape index (κ3) is 4.23. The molecule has 1 aromatic heterocycles. The summed E-state index contributed by atoms with van der Waals surface area (Å²) in [6.45, 7) is 0.00776. The first-order valence-electron chi connectivity index (χ1n) is 7.72. The minimum absolute atomic E-state index is 0.00776. The van der Waals surface area contributed by atoms with Crippen LogP contribution in [0, 0.1) is 0 Å². The number of rotatable bonds is 6. The lowest BCUT2D eigenvalue weighted by molar-refractivity contribution is -0.116. The number of nitrogens with zero attached hydrogens (tertiary/aromatic N) is 2. The largest absolute Gasteiger partial charge is 0.309 e. The molecule has 130 valence electrons. The quantitative estimate of drug-likeness (QED) is 0.704. The highest BCUT2D eigenvalue weighted by Gasteiger charge is 2.15. The molecule has 0 radical (unpaired) electrons. The van der Waals surface area contributed by atoms with Crippen LogP contribution < -0.4 is 10.0 Å². The van der Waals surface area contributed by atoms with Gasteiger partial charge in [-0.1, -0.05) is 30.3 Å². The Morgan fingerprint density at radius 1 is 1.12 bits per heavy atom. The van der Waals surface area contributed by atoms with Gasteiger partial charge in [-0.15, -0.1) is 0 Å². The van der Waals surface area contributed by atoms with E-state index in [9.17, 15) is 13.2 Å². The molecule has 0 bridgehead atoms. The second-order valence-electron chi connectivity index (χ2n) is 5.58. The molecule has 0 spiro atoms. The van der Waals surface area contributed by atoms with Gasteiger partial charge >= 0.3 is 0 Å². The van der Waals surface area contributed by atoms with Gasteiger partial charge in [-0.25, -0.2) is 13.1 Å². The maximum absolute atomic E-state index is 12.4. The summed E-state index contributed by atoms with van der Waals surface area (Å²) in [6, 6.07) is 14.1. The Morgan fingerprint density at radius 3 is 2.60 bits per heavy atom. The van der Waals surface area contributed by atoms with E-state index in [0.717, 1.165) is 10.8 Å². The number of sulfonamides is 1. The topological polar surface area (TPSA) is 93.1 Å². The van der Waals surface area contributed by atoms with E-state index in [0.29, 0.717) is 5.82 Å². The highest BCUT2D eigenvalue weighted by Crippen LogP contribution is 2.18. The van der Waals surface area contributed by atoms with Gasteiger partial charge in [-0.2, -0.15) is 5.10 Å². The number of nitrogens with one attached hydrogen (secondary N) is 2. The molecule has 0 unspecified atom stereocenters. The average Bonchev–Trinajstić information content (AvgIpc) is 2.99. The molecule has 0 atom stereocenters. The summed E-state index contributed by atoms with van der Waals surface area (Å²) in [6.07, 6.45) is 1.72. The molecule has 2 N–H and O–H groups in total. The van der Waals surface area contributed by atoms with Crippen LogP contribution >= 0.6 is 0 Å². The molecular formula is C17H18N4O3S. The number of benzene rings is 2. The van der Waals surface area contributed by atoms with Gasteiger partial charge < -0.3 is 5.32 Å². The first kappa shape index (κ1) is 17.1. The fraction of sp³-hybridized carbons (Fsp3) is 0.176. The maximum Gasteiger partial charge on any atom is 0.240 e. The fourth-order valence-electron chi connectivity index (χ4n) is 2.40. The minimum atomic E-state index is -3.67.